The van der Waals surface area contributed by atoms with Crippen molar-refractivity contribution in [2.45, 2.75) is 19.2 Å². The van der Waals surface area contributed by atoms with Crippen molar-refractivity contribution >= 4 is 29.0 Å². The smallest absolute Gasteiger partial charge is 0.180 e. The molecular formula is C10H10Cl2O. The Hall–Kier alpha value is -0.530. The molecule has 3 heteroatoms. The predicted molar refractivity (Wildman–Crippen MR) is 55.8 cm³/mol. The highest BCUT2D eigenvalue weighted by atomic mass is 35.5. The topological polar surface area (TPSA) is 17.1 Å². The zero-order valence-electron chi connectivity index (χ0n) is 7.47. The third-order valence-electron chi connectivity index (χ3n) is 1.69. The molecule has 1 aromatic carbocycles. The van der Waals surface area contributed by atoms with Gasteiger partial charge in [-0.1, -0.05) is 11.6 Å². The Kier molecular flexibility index (Phi) is 3.34. The van der Waals surface area contributed by atoms with Crippen LogP contribution >= 0.6 is 23.2 Å². The van der Waals surface area contributed by atoms with E-state index < -0.39 is 5.38 Å². The molecule has 0 N–H and O–H groups in total. The van der Waals surface area contributed by atoms with E-state index in [2.05, 4.69) is 0 Å². The minimum Gasteiger partial charge on any atom is -0.293 e. The average molecular weight is 217 g/mol. The normalized spacial score (nSPS) is 12.6. The Bertz CT molecular complexity index is 311. The summed E-state index contributed by atoms with van der Waals surface area (Å²) in [5, 5.41) is 0.0681. The number of carbonyl (C=O) groups is 1. The fourth-order valence-corrected chi connectivity index (χ4v) is 1.52. The summed E-state index contributed by atoms with van der Waals surface area (Å²) in [6.45, 7) is 3.54. The van der Waals surface area contributed by atoms with E-state index in [1.807, 2.05) is 6.92 Å². The second kappa shape index (κ2) is 4.12. The average Bonchev–Trinajstić information content (AvgIpc) is 2.01. The van der Waals surface area contributed by atoms with Crippen molar-refractivity contribution in [3.05, 3.63) is 34.3 Å². The highest BCUT2D eigenvalue weighted by molar-refractivity contribution is 6.34. The maximum absolute atomic E-state index is 11.5. The quantitative estimate of drug-likeness (QED) is 0.547. The Morgan fingerprint density at radius 2 is 2.00 bits per heavy atom. The van der Waals surface area contributed by atoms with Gasteiger partial charge in [-0.05, 0) is 37.6 Å². The number of Topliss-reactive ketones (excluding diaryl/α,β-unsaturated/α-hetero) is 1. The molecule has 1 rings (SSSR count). The van der Waals surface area contributed by atoms with Gasteiger partial charge in [0.1, 0.15) is 0 Å². The van der Waals surface area contributed by atoms with Gasteiger partial charge in [-0.25, -0.2) is 0 Å². The number of hydrogen-bond donors (Lipinski definition) is 0. The summed E-state index contributed by atoms with van der Waals surface area (Å²) in [5.41, 5.74) is 1.54. The van der Waals surface area contributed by atoms with E-state index >= 15 is 0 Å². The van der Waals surface area contributed by atoms with E-state index in [1.165, 1.54) is 0 Å². The Morgan fingerprint density at radius 1 is 1.38 bits per heavy atom. The number of alkyl halides is 1. The molecule has 1 atom stereocenters. The van der Waals surface area contributed by atoms with E-state index in [-0.39, 0.29) is 5.78 Å². The predicted octanol–water partition coefficient (Wildman–Crippen LogP) is 3.46. The van der Waals surface area contributed by atoms with Crippen LogP contribution in [-0.4, -0.2) is 11.2 Å². The Morgan fingerprint density at radius 3 is 2.46 bits per heavy atom. The van der Waals surface area contributed by atoms with Gasteiger partial charge >= 0.3 is 0 Å². The van der Waals surface area contributed by atoms with Gasteiger partial charge in [0.2, 0.25) is 0 Å². The number of ketones is 1. The van der Waals surface area contributed by atoms with Gasteiger partial charge < -0.3 is 0 Å². The van der Waals surface area contributed by atoms with Crippen molar-refractivity contribution in [1.29, 1.82) is 0 Å². The van der Waals surface area contributed by atoms with Gasteiger partial charge in [0.05, 0.1) is 5.38 Å². The summed E-state index contributed by atoms with van der Waals surface area (Å²) < 4.78 is 0. The zero-order chi connectivity index (χ0) is 10.0. The summed E-state index contributed by atoms with van der Waals surface area (Å²) in [6.07, 6.45) is 0. The van der Waals surface area contributed by atoms with Crippen LogP contribution in [0, 0.1) is 6.92 Å². The first-order valence-corrected chi connectivity index (χ1v) is 4.77. The molecule has 70 valence electrons. The molecule has 0 aromatic heterocycles. The summed E-state index contributed by atoms with van der Waals surface area (Å²) in [4.78, 5) is 11.5. The van der Waals surface area contributed by atoms with Crippen molar-refractivity contribution < 1.29 is 4.79 Å². The molecule has 1 aromatic rings. The standard InChI is InChI=1S/C10H10Cl2O/c1-6-3-8(5-9(12)4-6)10(13)7(2)11/h3-5,7H,1-2H3. The first-order chi connectivity index (χ1) is 6.00. The van der Waals surface area contributed by atoms with Crippen LogP contribution in [0.4, 0.5) is 0 Å². The van der Waals surface area contributed by atoms with E-state index in [0.29, 0.717) is 10.6 Å². The molecule has 0 bridgehead atoms. The van der Waals surface area contributed by atoms with Gasteiger partial charge in [0.15, 0.2) is 5.78 Å². The van der Waals surface area contributed by atoms with Crippen molar-refractivity contribution in [3.63, 3.8) is 0 Å². The SMILES string of the molecule is Cc1cc(Cl)cc(C(=O)C(C)Cl)c1. The molecule has 0 aliphatic heterocycles. The zero-order valence-corrected chi connectivity index (χ0v) is 8.99. The molecule has 0 aliphatic carbocycles. The van der Waals surface area contributed by atoms with Crippen LogP contribution in [0.2, 0.25) is 5.02 Å². The van der Waals surface area contributed by atoms with Crippen LogP contribution in [-0.2, 0) is 0 Å². The number of carbonyl (C=O) groups excluding carboxylic acids is 1. The van der Waals surface area contributed by atoms with Crippen molar-refractivity contribution in [2.75, 3.05) is 0 Å². The minimum absolute atomic E-state index is 0.0905. The molecule has 0 radical (unpaired) electrons. The van der Waals surface area contributed by atoms with Crippen LogP contribution in [0.3, 0.4) is 0 Å². The van der Waals surface area contributed by atoms with Gasteiger partial charge in [0.25, 0.3) is 0 Å². The second-order valence-electron chi connectivity index (χ2n) is 3.00. The summed E-state index contributed by atoms with van der Waals surface area (Å²) >= 11 is 11.5. The largest absolute Gasteiger partial charge is 0.293 e. The molecule has 1 unspecified atom stereocenters. The van der Waals surface area contributed by atoms with Crippen LogP contribution in [0.15, 0.2) is 18.2 Å². The highest BCUT2D eigenvalue weighted by Crippen LogP contribution is 2.17. The van der Waals surface area contributed by atoms with Crippen LogP contribution in [0.5, 0.6) is 0 Å². The van der Waals surface area contributed by atoms with Gasteiger partial charge in [-0.15, -0.1) is 11.6 Å². The highest BCUT2D eigenvalue weighted by Gasteiger charge is 2.12. The molecular weight excluding hydrogens is 207 g/mol. The molecule has 1 nitrogen and oxygen atoms in total. The number of hydrogen-bond acceptors (Lipinski definition) is 1. The molecule has 0 saturated carbocycles. The van der Waals surface area contributed by atoms with Gasteiger partial charge in [-0.2, -0.15) is 0 Å². The minimum atomic E-state index is -0.502. The fraction of sp³-hybridized carbons (Fsp3) is 0.300. The maximum atomic E-state index is 11.5. The Balaban J connectivity index is 3.08. The Labute approximate surface area is 87.7 Å². The summed E-state index contributed by atoms with van der Waals surface area (Å²) in [5.74, 6) is -0.0905. The van der Waals surface area contributed by atoms with Crippen LogP contribution in [0.25, 0.3) is 0 Å². The first kappa shape index (κ1) is 10.6. The monoisotopic (exact) mass is 216 g/mol. The van der Waals surface area contributed by atoms with E-state index in [4.69, 9.17) is 23.2 Å². The third kappa shape index (κ3) is 2.71. The van der Waals surface area contributed by atoms with Crippen molar-refractivity contribution in [1.82, 2.24) is 0 Å². The molecule has 0 spiro atoms. The lowest BCUT2D eigenvalue weighted by Gasteiger charge is -2.04. The van der Waals surface area contributed by atoms with Crippen LogP contribution < -0.4 is 0 Å². The molecule has 0 saturated heterocycles. The molecule has 0 amide bonds. The number of rotatable bonds is 2. The number of halogens is 2. The first-order valence-electron chi connectivity index (χ1n) is 3.96. The molecule has 13 heavy (non-hydrogen) atoms. The summed E-state index contributed by atoms with van der Waals surface area (Å²) in [6, 6.07) is 5.22. The molecule has 0 aliphatic rings. The van der Waals surface area contributed by atoms with E-state index in [1.54, 1.807) is 25.1 Å². The van der Waals surface area contributed by atoms with E-state index in [0.717, 1.165) is 5.56 Å². The number of benzene rings is 1. The van der Waals surface area contributed by atoms with E-state index in [9.17, 15) is 4.79 Å². The summed E-state index contributed by atoms with van der Waals surface area (Å²) in [7, 11) is 0. The molecule has 0 heterocycles. The maximum Gasteiger partial charge on any atom is 0.180 e. The van der Waals surface area contributed by atoms with Gasteiger partial charge in [-0.3, -0.25) is 4.79 Å². The lowest BCUT2D eigenvalue weighted by Crippen LogP contribution is -2.10. The lowest BCUT2D eigenvalue weighted by atomic mass is 10.1. The van der Waals surface area contributed by atoms with Crippen molar-refractivity contribution in [3.8, 4) is 0 Å². The van der Waals surface area contributed by atoms with Gasteiger partial charge in [0, 0.05) is 10.6 Å². The van der Waals surface area contributed by atoms with Crippen molar-refractivity contribution in [2.24, 2.45) is 0 Å². The lowest BCUT2D eigenvalue weighted by molar-refractivity contribution is 0.0991. The molecule has 0 fully saturated rings. The fourth-order valence-electron chi connectivity index (χ4n) is 1.11. The van der Waals surface area contributed by atoms with Crippen LogP contribution in [0.1, 0.15) is 22.8 Å². The third-order valence-corrected chi connectivity index (χ3v) is 2.10. The second-order valence-corrected chi connectivity index (χ2v) is 4.09. The number of aryl methyl sites for hydroxylation is 1.